The molecule has 3 aromatic carbocycles. The van der Waals surface area contributed by atoms with Crippen LogP contribution in [0.2, 0.25) is 0 Å². The lowest BCUT2D eigenvalue weighted by Crippen LogP contribution is -2.12. The van der Waals surface area contributed by atoms with E-state index in [4.69, 9.17) is 9.47 Å². The molecule has 0 aliphatic rings. The van der Waals surface area contributed by atoms with Gasteiger partial charge in [-0.05, 0) is 60.9 Å². The number of hydrogen-bond donors (Lipinski definition) is 1. The first kappa shape index (κ1) is 19.5. The zero-order chi connectivity index (χ0) is 19.6. The average Bonchev–Trinajstić information content (AvgIpc) is 2.74. The third kappa shape index (κ3) is 6.16. The number of amides is 1. The van der Waals surface area contributed by atoms with Crippen molar-refractivity contribution in [3.8, 4) is 11.5 Å². The lowest BCUT2D eigenvalue weighted by atomic mass is 10.1. The first-order chi connectivity index (χ1) is 13.7. The van der Waals surface area contributed by atoms with Gasteiger partial charge in [-0.3, -0.25) is 4.79 Å². The summed E-state index contributed by atoms with van der Waals surface area (Å²) in [5.41, 5.74) is 3.00. The summed E-state index contributed by atoms with van der Waals surface area (Å²) in [4.78, 5) is 12.2. The molecule has 0 spiro atoms. The van der Waals surface area contributed by atoms with Crippen molar-refractivity contribution < 1.29 is 14.3 Å². The predicted molar refractivity (Wildman–Crippen MR) is 112 cm³/mol. The quantitative estimate of drug-likeness (QED) is 0.557. The minimum atomic E-state index is -0.00756. The summed E-state index contributed by atoms with van der Waals surface area (Å²) in [6.07, 6.45) is 1.12. The second kappa shape index (κ2) is 10.2. The molecular formula is C24H25NO3. The van der Waals surface area contributed by atoms with Crippen LogP contribution in [0.1, 0.15) is 24.5 Å². The lowest BCUT2D eigenvalue weighted by Gasteiger charge is -2.09. The van der Waals surface area contributed by atoms with Crippen LogP contribution in [0, 0.1) is 0 Å². The maximum absolute atomic E-state index is 12.2. The zero-order valence-corrected chi connectivity index (χ0v) is 16.1. The van der Waals surface area contributed by atoms with Crippen LogP contribution >= 0.6 is 0 Å². The van der Waals surface area contributed by atoms with Crippen molar-refractivity contribution in [2.75, 3.05) is 11.9 Å². The average molecular weight is 375 g/mol. The van der Waals surface area contributed by atoms with Crippen LogP contribution in [0.25, 0.3) is 0 Å². The monoisotopic (exact) mass is 375 g/mol. The van der Waals surface area contributed by atoms with Gasteiger partial charge >= 0.3 is 0 Å². The molecular weight excluding hydrogens is 350 g/mol. The van der Waals surface area contributed by atoms with Crippen molar-refractivity contribution in [2.45, 2.75) is 26.4 Å². The van der Waals surface area contributed by atoms with Gasteiger partial charge in [-0.1, -0.05) is 42.5 Å². The van der Waals surface area contributed by atoms with E-state index >= 15 is 0 Å². The first-order valence-corrected chi connectivity index (χ1v) is 9.51. The van der Waals surface area contributed by atoms with Gasteiger partial charge in [0, 0.05) is 12.1 Å². The summed E-state index contributed by atoms with van der Waals surface area (Å²) in [5, 5.41) is 2.93. The minimum Gasteiger partial charge on any atom is -0.494 e. The number of carbonyl (C=O) groups excluding carboxylic acids is 1. The fourth-order valence-corrected chi connectivity index (χ4v) is 2.78. The molecule has 3 rings (SSSR count). The summed E-state index contributed by atoms with van der Waals surface area (Å²) >= 11 is 0. The van der Waals surface area contributed by atoms with E-state index in [-0.39, 0.29) is 5.91 Å². The third-order valence-electron chi connectivity index (χ3n) is 4.26. The Balaban J connectivity index is 1.43. The van der Waals surface area contributed by atoms with Crippen LogP contribution in [0.3, 0.4) is 0 Å². The number of anilines is 1. The molecule has 28 heavy (non-hydrogen) atoms. The summed E-state index contributed by atoms with van der Waals surface area (Å²) in [6, 6.07) is 25.3. The standard InChI is InChI=1S/C24H25NO3/c1-2-27-22-13-8-19(9-14-22)10-17-24(26)25-21-11-15-23(16-12-21)28-18-20-6-4-3-5-7-20/h3-9,11-16H,2,10,17-18H2,1H3,(H,25,26). The summed E-state index contributed by atoms with van der Waals surface area (Å²) in [7, 11) is 0. The molecule has 3 aromatic rings. The molecule has 1 amide bonds. The minimum absolute atomic E-state index is 0.00756. The van der Waals surface area contributed by atoms with Crippen molar-refractivity contribution in [2.24, 2.45) is 0 Å². The molecule has 0 heterocycles. The smallest absolute Gasteiger partial charge is 0.224 e. The molecule has 4 nitrogen and oxygen atoms in total. The number of rotatable bonds is 9. The van der Waals surface area contributed by atoms with Gasteiger partial charge < -0.3 is 14.8 Å². The highest BCUT2D eigenvalue weighted by atomic mass is 16.5. The summed E-state index contributed by atoms with van der Waals surface area (Å²) < 4.78 is 11.2. The summed E-state index contributed by atoms with van der Waals surface area (Å²) in [5.74, 6) is 1.62. The van der Waals surface area contributed by atoms with Crippen molar-refractivity contribution >= 4 is 11.6 Å². The van der Waals surface area contributed by atoms with E-state index in [1.807, 2.05) is 85.8 Å². The molecule has 4 heteroatoms. The second-order valence-corrected chi connectivity index (χ2v) is 6.42. The Morgan fingerprint density at radius 1 is 0.786 bits per heavy atom. The maximum Gasteiger partial charge on any atom is 0.224 e. The zero-order valence-electron chi connectivity index (χ0n) is 16.1. The Kier molecular flexibility index (Phi) is 7.08. The topological polar surface area (TPSA) is 47.6 Å². The predicted octanol–water partition coefficient (Wildman–Crippen LogP) is 5.24. The Morgan fingerprint density at radius 3 is 2.11 bits per heavy atom. The number of carbonyl (C=O) groups is 1. The van der Waals surface area contributed by atoms with Crippen molar-refractivity contribution in [3.63, 3.8) is 0 Å². The third-order valence-corrected chi connectivity index (χ3v) is 4.26. The van der Waals surface area contributed by atoms with E-state index < -0.39 is 0 Å². The first-order valence-electron chi connectivity index (χ1n) is 9.51. The number of benzene rings is 3. The van der Waals surface area contributed by atoms with E-state index in [0.29, 0.717) is 26.1 Å². The molecule has 0 saturated heterocycles. The lowest BCUT2D eigenvalue weighted by molar-refractivity contribution is -0.116. The molecule has 0 radical (unpaired) electrons. The molecule has 0 aliphatic carbocycles. The van der Waals surface area contributed by atoms with Gasteiger partial charge in [-0.15, -0.1) is 0 Å². The number of hydrogen-bond acceptors (Lipinski definition) is 3. The number of aryl methyl sites for hydroxylation is 1. The fraction of sp³-hybridized carbons (Fsp3) is 0.208. The van der Waals surface area contributed by atoms with Gasteiger partial charge in [0.2, 0.25) is 5.91 Å². The van der Waals surface area contributed by atoms with Crippen LogP contribution in [0.4, 0.5) is 5.69 Å². The van der Waals surface area contributed by atoms with Crippen LogP contribution in [-0.4, -0.2) is 12.5 Å². The molecule has 0 aliphatic heterocycles. The Morgan fingerprint density at radius 2 is 1.43 bits per heavy atom. The van der Waals surface area contributed by atoms with E-state index in [0.717, 1.165) is 28.3 Å². The van der Waals surface area contributed by atoms with Gasteiger partial charge in [-0.2, -0.15) is 0 Å². The number of ether oxygens (including phenoxy) is 2. The fourth-order valence-electron chi connectivity index (χ4n) is 2.78. The molecule has 0 aromatic heterocycles. The van der Waals surface area contributed by atoms with Crippen LogP contribution in [0.5, 0.6) is 11.5 Å². The molecule has 0 fully saturated rings. The largest absolute Gasteiger partial charge is 0.494 e. The van der Waals surface area contributed by atoms with E-state index in [1.165, 1.54) is 0 Å². The molecule has 0 saturated carbocycles. The van der Waals surface area contributed by atoms with Gasteiger partial charge in [0.1, 0.15) is 18.1 Å². The van der Waals surface area contributed by atoms with E-state index in [1.54, 1.807) is 0 Å². The van der Waals surface area contributed by atoms with Crippen molar-refractivity contribution in [1.29, 1.82) is 0 Å². The van der Waals surface area contributed by atoms with E-state index in [9.17, 15) is 4.79 Å². The Bertz CT molecular complexity index is 859. The van der Waals surface area contributed by atoms with Gasteiger partial charge in [0.15, 0.2) is 0 Å². The van der Waals surface area contributed by atoms with Crippen LogP contribution in [-0.2, 0) is 17.8 Å². The number of nitrogens with one attached hydrogen (secondary N) is 1. The summed E-state index contributed by atoms with van der Waals surface area (Å²) in [6.45, 7) is 3.13. The van der Waals surface area contributed by atoms with Crippen molar-refractivity contribution in [3.05, 3.63) is 90.0 Å². The highest BCUT2D eigenvalue weighted by molar-refractivity contribution is 5.90. The highest BCUT2D eigenvalue weighted by Gasteiger charge is 2.04. The van der Waals surface area contributed by atoms with Gasteiger partial charge in [0.25, 0.3) is 0 Å². The van der Waals surface area contributed by atoms with Crippen LogP contribution in [0.15, 0.2) is 78.9 Å². The highest BCUT2D eigenvalue weighted by Crippen LogP contribution is 2.18. The maximum atomic E-state index is 12.2. The molecule has 144 valence electrons. The molecule has 0 unspecified atom stereocenters. The van der Waals surface area contributed by atoms with Crippen molar-refractivity contribution in [1.82, 2.24) is 0 Å². The van der Waals surface area contributed by atoms with E-state index in [2.05, 4.69) is 5.32 Å². The molecule has 1 N–H and O–H groups in total. The Labute approximate surface area is 166 Å². The normalized spacial score (nSPS) is 10.3. The van der Waals surface area contributed by atoms with Gasteiger partial charge in [-0.25, -0.2) is 0 Å². The SMILES string of the molecule is CCOc1ccc(CCC(=O)Nc2ccc(OCc3ccccc3)cc2)cc1. The molecule has 0 atom stereocenters. The second-order valence-electron chi connectivity index (χ2n) is 6.42. The molecule has 0 bridgehead atoms. The van der Waals surface area contributed by atoms with Crippen LogP contribution < -0.4 is 14.8 Å². The van der Waals surface area contributed by atoms with Gasteiger partial charge in [0.05, 0.1) is 6.61 Å². The Hall–Kier alpha value is -3.27.